The van der Waals surface area contributed by atoms with Gasteiger partial charge >= 0.3 is 7.12 Å². The molecule has 4 heterocycles. The maximum Gasteiger partial charge on any atom is 0.494 e. The van der Waals surface area contributed by atoms with Gasteiger partial charge in [0.15, 0.2) is 0 Å². The number of aromatic nitrogens is 4. The molecular weight excluding hydrogens is 479 g/mol. The minimum absolute atomic E-state index is 0.0694. The lowest BCUT2D eigenvalue weighted by atomic mass is 9.69. The summed E-state index contributed by atoms with van der Waals surface area (Å²) in [5.74, 6) is -0.432. The summed E-state index contributed by atoms with van der Waals surface area (Å²) in [4.78, 5) is 24.1. The molecule has 3 aromatic rings. The van der Waals surface area contributed by atoms with E-state index in [2.05, 4.69) is 15.0 Å². The Morgan fingerprint density at radius 2 is 1.69 bits per heavy atom. The predicted octanol–water partition coefficient (Wildman–Crippen LogP) is 3.36. The highest BCUT2D eigenvalue weighted by atomic mass is 32.2. The Kier molecular flexibility index (Phi) is 5.48. The zero-order valence-corrected chi connectivity index (χ0v) is 22.0. The second kappa shape index (κ2) is 7.99. The first-order chi connectivity index (χ1) is 16.8. The van der Waals surface area contributed by atoms with Crippen LogP contribution >= 0.6 is 0 Å². The molecule has 9 nitrogen and oxygen atoms in total. The lowest BCUT2D eigenvalue weighted by Crippen LogP contribution is -2.48. The summed E-state index contributed by atoms with van der Waals surface area (Å²) in [6.45, 7) is 11.3. The summed E-state index contributed by atoms with van der Waals surface area (Å²) in [6.07, 6.45) is 9.70. The number of nitrogens with one attached hydrogen (secondary N) is 1. The molecule has 0 saturated carbocycles. The van der Waals surface area contributed by atoms with Gasteiger partial charge in [-0.2, -0.15) is 0 Å². The summed E-state index contributed by atoms with van der Waals surface area (Å²) >= 11 is 0. The summed E-state index contributed by atoms with van der Waals surface area (Å²) in [6, 6.07) is 4.97. The predicted molar refractivity (Wildman–Crippen MR) is 138 cm³/mol. The molecule has 3 aromatic heterocycles. The average Bonchev–Trinajstić information content (AvgIpc) is 3.35. The van der Waals surface area contributed by atoms with Gasteiger partial charge in [0.1, 0.15) is 16.1 Å². The first-order valence-electron chi connectivity index (χ1n) is 11.8. The van der Waals surface area contributed by atoms with Crippen LogP contribution in [0.2, 0.25) is 0 Å². The third-order valence-electron chi connectivity index (χ3n) is 7.88. The molecule has 188 valence electrons. The van der Waals surface area contributed by atoms with Crippen LogP contribution in [0.15, 0.2) is 71.0 Å². The summed E-state index contributed by atoms with van der Waals surface area (Å²) in [7, 11) is -4.87. The minimum Gasteiger partial charge on any atom is -0.399 e. The number of hydrogen-bond acceptors (Lipinski definition) is 7. The summed E-state index contributed by atoms with van der Waals surface area (Å²) in [5.41, 5.74) is -0.274. The molecule has 1 aliphatic heterocycles. The van der Waals surface area contributed by atoms with E-state index in [4.69, 9.17) is 9.31 Å². The number of aromatic amines is 1. The fraction of sp³-hybridized carbons (Fsp3) is 0.400. The Labute approximate surface area is 210 Å². The van der Waals surface area contributed by atoms with E-state index >= 15 is 0 Å². The quantitative estimate of drug-likeness (QED) is 0.538. The molecule has 2 aliphatic rings. The molecule has 2 unspecified atom stereocenters. The van der Waals surface area contributed by atoms with Gasteiger partial charge in [0, 0.05) is 30.2 Å². The van der Waals surface area contributed by atoms with Gasteiger partial charge in [-0.05, 0) is 70.8 Å². The Morgan fingerprint density at radius 1 is 1.06 bits per heavy atom. The van der Waals surface area contributed by atoms with Gasteiger partial charge in [0.2, 0.25) is 10.0 Å². The summed E-state index contributed by atoms with van der Waals surface area (Å²) in [5, 5.41) is 0.532. The van der Waals surface area contributed by atoms with Gasteiger partial charge in [-0.25, -0.2) is 22.4 Å². The molecule has 1 saturated heterocycles. The van der Waals surface area contributed by atoms with Crippen LogP contribution in [-0.2, 0) is 19.3 Å². The van der Waals surface area contributed by atoms with Crippen molar-refractivity contribution in [1.82, 2.24) is 18.9 Å². The van der Waals surface area contributed by atoms with E-state index in [9.17, 15) is 13.2 Å². The number of allylic oxidation sites excluding steroid dienone is 3. The zero-order chi connectivity index (χ0) is 26.1. The third-order valence-corrected chi connectivity index (χ3v) is 10.3. The first-order valence-corrected chi connectivity index (χ1v) is 13.2. The van der Waals surface area contributed by atoms with E-state index in [1.165, 1.54) is 12.4 Å². The largest absolute Gasteiger partial charge is 0.494 e. The molecule has 5 rings (SSSR count). The second-order valence-corrected chi connectivity index (χ2v) is 12.7. The van der Waals surface area contributed by atoms with Crippen molar-refractivity contribution in [3.05, 3.63) is 82.4 Å². The fourth-order valence-corrected chi connectivity index (χ4v) is 6.81. The van der Waals surface area contributed by atoms with Gasteiger partial charge < -0.3 is 14.3 Å². The van der Waals surface area contributed by atoms with Gasteiger partial charge in [0.25, 0.3) is 5.56 Å². The van der Waals surface area contributed by atoms with Crippen LogP contribution < -0.4 is 5.56 Å². The van der Waals surface area contributed by atoms with Crippen LogP contribution in [-0.4, -0.2) is 50.4 Å². The van der Waals surface area contributed by atoms with E-state index in [0.29, 0.717) is 22.3 Å². The number of rotatable bonds is 4. The van der Waals surface area contributed by atoms with Crippen molar-refractivity contribution in [2.75, 3.05) is 0 Å². The van der Waals surface area contributed by atoms with E-state index in [-0.39, 0.29) is 5.52 Å². The number of fused-ring (bicyclic) bond motifs is 1. The van der Waals surface area contributed by atoms with E-state index in [0.717, 1.165) is 3.97 Å². The molecule has 0 aromatic carbocycles. The SMILES string of the molecule is CC1=CC(B2OC(C)(C)C(C)(C)O2)=CC(c2ncccn2)C1(C)S(=O)(=O)n1ccc2cc[nH]c(=O)c21. The van der Waals surface area contributed by atoms with Crippen molar-refractivity contribution >= 4 is 28.0 Å². The topological polar surface area (TPSA) is 116 Å². The molecule has 1 N–H and O–H groups in total. The van der Waals surface area contributed by atoms with E-state index in [1.54, 1.807) is 50.5 Å². The lowest BCUT2D eigenvalue weighted by Gasteiger charge is -2.39. The van der Waals surface area contributed by atoms with Gasteiger partial charge in [-0.15, -0.1) is 0 Å². The van der Waals surface area contributed by atoms with Crippen LogP contribution in [0.1, 0.15) is 53.3 Å². The second-order valence-electron chi connectivity index (χ2n) is 10.5. The highest BCUT2D eigenvalue weighted by molar-refractivity contribution is 7.91. The van der Waals surface area contributed by atoms with Crippen molar-refractivity contribution in [3.63, 3.8) is 0 Å². The fourth-order valence-electron chi connectivity index (χ4n) is 4.79. The Hall–Kier alpha value is -3.02. The zero-order valence-electron chi connectivity index (χ0n) is 21.1. The molecule has 0 spiro atoms. The lowest BCUT2D eigenvalue weighted by molar-refractivity contribution is 0.00578. The van der Waals surface area contributed by atoms with Crippen molar-refractivity contribution in [1.29, 1.82) is 0 Å². The minimum atomic E-state index is -4.18. The van der Waals surface area contributed by atoms with Gasteiger partial charge in [-0.1, -0.05) is 12.2 Å². The Morgan fingerprint density at radius 3 is 2.33 bits per heavy atom. The van der Waals surface area contributed by atoms with Crippen molar-refractivity contribution in [3.8, 4) is 0 Å². The standard InChI is InChI=1S/C25H29BN4O5S/c1-16-14-18(26-34-23(2,3)24(4,5)35-26)15-19(21-27-10-7-11-28-21)25(16,6)36(32,33)30-13-9-17-8-12-29-22(31)20(17)30/h7-15,19H,1-6H3,(H,29,31). The first kappa shape index (κ1) is 24.7. The summed E-state index contributed by atoms with van der Waals surface area (Å²) < 4.78 is 40.9. The Bertz CT molecular complexity index is 1560. The molecule has 36 heavy (non-hydrogen) atoms. The maximum absolute atomic E-state index is 14.4. The van der Waals surface area contributed by atoms with Crippen LogP contribution in [0.25, 0.3) is 10.9 Å². The number of hydrogen-bond donors (Lipinski definition) is 1. The van der Waals surface area contributed by atoms with E-state index in [1.807, 2.05) is 33.8 Å². The highest BCUT2D eigenvalue weighted by Crippen LogP contribution is 2.47. The molecule has 2 atom stereocenters. The van der Waals surface area contributed by atoms with Crippen molar-refractivity contribution < 1.29 is 17.7 Å². The van der Waals surface area contributed by atoms with E-state index < -0.39 is 44.6 Å². The van der Waals surface area contributed by atoms with Gasteiger partial charge in [-0.3, -0.25) is 4.79 Å². The molecule has 0 bridgehead atoms. The smallest absolute Gasteiger partial charge is 0.399 e. The average molecular weight is 508 g/mol. The molecule has 1 aliphatic carbocycles. The van der Waals surface area contributed by atoms with Crippen LogP contribution in [0, 0.1) is 0 Å². The molecule has 0 amide bonds. The highest BCUT2D eigenvalue weighted by Gasteiger charge is 2.56. The Balaban J connectivity index is 1.69. The molecule has 11 heteroatoms. The number of nitrogens with zero attached hydrogens (tertiary/aromatic N) is 3. The van der Waals surface area contributed by atoms with Crippen molar-refractivity contribution in [2.45, 2.75) is 63.4 Å². The number of H-pyrrole nitrogens is 1. The van der Waals surface area contributed by atoms with Crippen LogP contribution in [0.3, 0.4) is 0 Å². The third kappa shape index (κ3) is 3.44. The molecule has 0 radical (unpaired) electrons. The molecular formula is C25H29BN4O5S. The van der Waals surface area contributed by atoms with Crippen LogP contribution in [0.5, 0.6) is 0 Å². The molecule has 1 fully saturated rings. The van der Waals surface area contributed by atoms with Gasteiger partial charge in [0.05, 0.1) is 17.1 Å². The van der Waals surface area contributed by atoms with Crippen LogP contribution in [0.4, 0.5) is 0 Å². The monoisotopic (exact) mass is 508 g/mol. The number of pyridine rings is 1. The maximum atomic E-state index is 14.4. The van der Waals surface area contributed by atoms with Crippen molar-refractivity contribution in [2.24, 2.45) is 0 Å². The normalized spacial score (nSPS) is 25.6.